The molecule has 1 rings (SSSR count). The zero-order valence-corrected chi connectivity index (χ0v) is 9.31. The van der Waals surface area contributed by atoms with Crippen LogP contribution in [0, 0.1) is 0 Å². The van der Waals surface area contributed by atoms with Crippen LogP contribution in [0.3, 0.4) is 0 Å². The second-order valence-corrected chi connectivity index (χ2v) is 3.30. The third-order valence-electron chi connectivity index (χ3n) is 1.93. The first kappa shape index (κ1) is 12.7. The maximum absolute atomic E-state index is 11.7. The van der Waals surface area contributed by atoms with E-state index >= 15 is 0 Å². The molecule has 1 N–H and O–H groups in total. The van der Waals surface area contributed by atoms with Gasteiger partial charge in [0, 0.05) is 17.3 Å². The summed E-state index contributed by atoms with van der Waals surface area (Å²) in [7, 11) is 0. The number of Topliss-reactive ketones (excluding diaryl/α,β-unsaturated/α-hetero) is 1. The van der Waals surface area contributed by atoms with E-state index in [1.54, 1.807) is 24.3 Å². The third kappa shape index (κ3) is 4.34. The minimum Gasteiger partial charge on any atom is -0.339 e. The molecule has 88 valence electrons. The molecule has 0 spiro atoms. The normalized spacial score (nSPS) is 9.18. The lowest BCUT2D eigenvalue weighted by atomic mass is 10.1. The lowest BCUT2D eigenvalue weighted by molar-refractivity contribution is -0.143. The highest BCUT2D eigenvalue weighted by Gasteiger charge is 2.07. The standard InChI is InChI=1S/C13H13NO3/c1-3-13(16)17-14-10(2)9-12(15)11-7-5-4-6-8-11/h3-8,14H,1-2,9H2. The van der Waals surface area contributed by atoms with Crippen molar-refractivity contribution in [2.24, 2.45) is 0 Å². The summed E-state index contributed by atoms with van der Waals surface area (Å²) in [6.45, 7) is 6.82. The molecular formula is C13H13NO3. The highest BCUT2D eigenvalue weighted by atomic mass is 16.7. The Balaban J connectivity index is 2.44. The average Bonchev–Trinajstić information content (AvgIpc) is 2.36. The SMILES string of the molecule is C=CC(=O)ONC(=C)CC(=O)c1ccccc1. The van der Waals surface area contributed by atoms with Crippen molar-refractivity contribution in [1.82, 2.24) is 5.48 Å². The molecular weight excluding hydrogens is 218 g/mol. The van der Waals surface area contributed by atoms with Crippen molar-refractivity contribution in [3.63, 3.8) is 0 Å². The summed E-state index contributed by atoms with van der Waals surface area (Å²) in [6.07, 6.45) is 1.08. The minimum absolute atomic E-state index is 0.0639. The Morgan fingerprint density at radius 2 is 1.94 bits per heavy atom. The average molecular weight is 231 g/mol. The van der Waals surface area contributed by atoms with E-state index in [1.165, 1.54) is 0 Å². The fourth-order valence-corrected chi connectivity index (χ4v) is 1.12. The fraction of sp³-hybridized carbons (Fsp3) is 0.0769. The number of rotatable bonds is 6. The van der Waals surface area contributed by atoms with E-state index in [4.69, 9.17) is 0 Å². The van der Waals surface area contributed by atoms with Crippen LogP contribution in [-0.2, 0) is 9.63 Å². The monoisotopic (exact) mass is 231 g/mol. The van der Waals surface area contributed by atoms with E-state index in [0.717, 1.165) is 6.08 Å². The molecule has 0 heterocycles. The second-order valence-electron chi connectivity index (χ2n) is 3.30. The van der Waals surface area contributed by atoms with E-state index < -0.39 is 5.97 Å². The Kier molecular flexibility index (Phi) is 4.69. The van der Waals surface area contributed by atoms with Crippen molar-refractivity contribution in [1.29, 1.82) is 0 Å². The van der Waals surface area contributed by atoms with Gasteiger partial charge >= 0.3 is 5.97 Å². The van der Waals surface area contributed by atoms with Crippen molar-refractivity contribution in [2.75, 3.05) is 0 Å². The number of carbonyl (C=O) groups is 2. The summed E-state index contributed by atoms with van der Waals surface area (Å²) >= 11 is 0. The number of hydroxylamine groups is 1. The Bertz CT molecular complexity index is 437. The second kappa shape index (κ2) is 6.27. The molecule has 0 aliphatic rings. The van der Waals surface area contributed by atoms with Gasteiger partial charge in [-0.25, -0.2) is 10.3 Å². The van der Waals surface area contributed by atoms with Crippen molar-refractivity contribution in [2.45, 2.75) is 6.42 Å². The van der Waals surface area contributed by atoms with E-state index in [2.05, 4.69) is 23.5 Å². The van der Waals surface area contributed by atoms with Gasteiger partial charge in [-0.2, -0.15) is 0 Å². The highest BCUT2D eigenvalue weighted by molar-refractivity contribution is 5.97. The molecule has 0 saturated heterocycles. The van der Waals surface area contributed by atoms with E-state index in [9.17, 15) is 9.59 Å². The number of carbonyl (C=O) groups excluding carboxylic acids is 2. The van der Waals surface area contributed by atoms with Gasteiger partial charge in [0.05, 0.1) is 6.42 Å². The highest BCUT2D eigenvalue weighted by Crippen LogP contribution is 2.06. The minimum atomic E-state index is -0.627. The smallest absolute Gasteiger partial charge is 0.339 e. The van der Waals surface area contributed by atoms with Crippen molar-refractivity contribution in [3.05, 3.63) is 60.8 Å². The van der Waals surface area contributed by atoms with E-state index in [0.29, 0.717) is 11.3 Å². The molecule has 0 radical (unpaired) electrons. The number of allylic oxidation sites excluding steroid dienone is 1. The van der Waals surface area contributed by atoms with Crippen LogP contribution in [0.4, 0.5) is 0 Å². The molecule has 0 amide bonds. The Hall–Kier alpha value is -2.36. The van der Waals surface area contributed by atoms with Gasteiger partial charge in [0.15, 0.2) is 5.78 Å². The van der Waals surface area contributed by atoms with Gasteiger partial charge < -0.3 is 4.84 Å². The van der Waals surface area contributed by atoms with Gasteiger partial charge in [-0.3, -0.25) is 4.79 Å². The molecule has 1 aromatic carbocycles. The number of hydrogen-bond donors (Lipinski definition) is 1. The number of benzene rings is 1. The van der Waals surface area contributed by atoms with Gasteiger partial charge in [0.1, 0.15) is 0 Å². The molecule has 1 aromatic rings. The van der Waals surface area contributed by atoms with Crippen LogP contribution in [-0.4, -0.2) is 11.8 Å². The third-order valence-corrected chi connectivity index (χ3v) is 1.93. The first-order valence-electron chi connectivity index (χ1n) is 4.98. The fourth-order valence-electron chi connectivity index (χ4n) is 1.12. The molecule has 0 atom stereocenters. The largest absolute Gasteiger partial charge is 0.355 e. The molecule has 0 aliphatic heterocycles. The lowest BCUT2D eigenvalue weighted by Gasteiger charge is -2.07. The Morgan fingerprint density at radius 1 is 1.29 bits per heavy atom. The molecule has 4 heteroatoms. The number of hydrogen-bond acceptors (Lipinski definition) is 4. The Labute approximate surface area is 99.5 Å². The maximum Gasteiger partial charge on any atom is 0.355 e. The van der Waals surface area contributed by atoms with Crippen molar-refractivity contribution in [3.8, 4) is 0 Å². The topological polar surface area (TPSA) is 55.4 Å². The van der Waals surface area contributed by atoms with Crippen LogP contribution in [0.5, 0.6) is 0 Å². The lowest BCUT2D eigenvalue weighted by Crippen LogP contribution is -2.19. The molecule has 0 bridgehead atoms. The molecule has 0 aromatic heterocycles. The van der Waals surface area contributed by atoms with Gasteiger partial charge in [0.2, 0.25) is 0 Å². The molecule has 0 aliphatic carbocycles. The first-order chi connectivity index (χ1) is 8.13. The van der Waals surface area contributed by atoms with Gasteiger partial charge in [-0.15, -0.1) is 0 Å². The summed E-state index contributed by atoms with van der Waals surface area (Å²) in [5, 5.41) is 0. The van der Waals surface area contributed by atoms with Crippen LogP contribution in [0.25, 0.3) is 0 Å². The van der Waals surface area contributed by atoms with Crippen LogP contribution < -0.4 is 5.48 Å². The number of ketones is 1. The van der Waals surface area contributed by atoms with Gasteiger partial charge in [-0.05, 0) is 0 Å². The summed E-state index contributed by atoms with van der Waals surface area (Å²) in [4.78, 5) is 27.0. The molecule has 4 nitrogen and oxygen atoms in total. The maximum atomic E-state index is 11.7. The van der Waals surface area contributed by atoms with Crippen LogP contribution >= 0.6 is 0 Å². The van der Waals surface area contributed by atoms with Crippen LogP contribution in [0.1, 0.15) is 16.8 Å². The van der Waals surface area contributed by atoms with E-state index in [1.807, 2.05) is 6.07 Å². The zero-order valence-electron chi connectivity index (χ0n) is 9.31. The predicted octanol–water partition coefficient (Wildman–Crippen LogP) is 2.01. The molecule has 0 unspecified atom stereocenters. The van der Waals surface area contributed by atoms with Crippen LogP contribution in [0.15, 0.2) is 55.3 Å². The first-order valence-corrected chi connectivity index (χ1v) is 4.98. The van der Waals surface area contributed by atoms with E-state index in [-0.39, 0.29) is 12.2 Å². The van der Waals surface area contributed by atoms with Gasteiger partial charge in [-0.1, -0.05) is 43.5 Å². The Morgan fingerprint density at radius 3 is 2.53 bits per heavy atom. The molecule has 17 heavy (non-hydrogen) atoms. The van der Waals surface area contributed by atoms with Crippen molar-refractivity contribution < 1.29 is 14.4 Å². The summed E-state index contributed by atoms with van der Waals surface area (Å²) in [5.74, 6) is -0.726. The number of nitrogens with one attached hydrogen (secondary N) is 1. The summed E-state index contributed by atoms with van der Waals surface area (Å²) in [6, 6.07) is 8.81. The molecule has 0 saturated carbocycles. The van der Waals surface area contributed by atoms with Gasteiger partial charge in [0.25, 0.3) is 0 Å². The summed E-state index contributed by atoms with van der Waals surface area (Å²) < 4.78 is 0. The zero-order chi connectivity index (χ0) is 12.7. The quantitative estimate of drug-likeness (QED) is 0.462. The van der Waals surface area contributed by atoms with Crippen LogP contribution in [0.2, 0.25) is 0 Å². The summed E-state index contributed by atoms with van der Waals surface area (Å²) in [5.41, 5.74) is 3.20. The molecule has 0 fully saturated rings. The predicted molar refractivity (Wildman–Crippen MR) is 64.0 cm³/mol. The van der Waals surface area contributed by atoms with Crippen molar-refractivity contribution >= 4 is 11.8 Å².